The van der Waals surface area contributed by atoms with Gasteiger partial charge in [-0.05, 0) is 37.5 Å². The minimum Gasteiger partial charge on any atom is -0.337 e. The zero-order valence-electron chi connectivity index (χ0n) is 15.9. The Kier molecular flexibility index (Phi) is 5.01. The SMILES string of the molecule is Cn1cnc2cc(C(=O)N3CCCN(C(=O)NC4CCCC4)CC3)ccc21. The Morgan fingerprint density at radius 2 is 1.78 bits per heavy atom. The first-order valence-corrected chi connectivity index (χ1v) is 9.87. The van der Waals surface area contributed by atoms with Crippen molar-refractivity contribution in [2.75, 3.05) is 26.2 Å². The van der Waals surface area contributed by atoms with Crippen LogP contribution in [0.5, 0.6) is 0 Å². The van der Waals surface area contributed by atoms with E-state index in [1.165, 1.54) is 12.8 Å². The largest absolute Gasteiger partial charge is 0.337 e. The highest BCUT2D eigenvalue weighted by Crippen LogP contribution is 2.19. The molecule has 0 atom stereocenters. The number of fused-ring (bicyclic) bond motifs is 1. The summed E-state index contributed by atoms with van der Waals surface area (Å²) in [4.78, 5) is 33.5. The summed E-state index contributed by atoms with van der Waals surface area (Å²) < 4.78 is 1.94. The number of hydrogen-bond donors (Lipinski definition) is 1. The molecular weight excluding hydrogens is 342 g/mol. The van der Waals surface area contributed by atoms with Crippen molar-refractivity contribution in [1.29, 1.82) is 0 Å². The molecule has 1 aromatic carbocycles. The maximum Gasteiger partial charge on any atom is 0.317 e. The number of imidazole rings is 1. The predicted octanol–water partition coefficient (Wildman–Crippen LogP) is 2.37. The van der Waals surface area contributed by atoms with Gasteiger partial charge in [-0.25, -0.2) is 9.78 Å². The highest BCUT2D eigenvalue weighted by molar-refractivity contribution is 5.97. The maximum absolute atomic E-state index is 12.9. The molecule has 2 aliphatic rings. The van der Waals surface area contributed by atoms with Crippen LogP contribution in [0.25, 0.3) is 11.0 Å². The van der Waals surface area contributed by atoms with Crippen LogP contribution in [0.3, 0.4) is 0 Å². The molecule has 1 aliphatic carbocycles. The fourth-order valence-electron chi connectivity index (χ4n) is 4.11. The summed E-state index contributed by atoms with van der Waals surface area (Å²) in [7, 11) is 1.94. The molecule has 1 aromatic heterocycles. The van der Waals surface area contributed by atoms with Crippen LogP contribution >= 0.6 is 0 Å². The van der Waals surface area contributed by atoms with Gasteiger partial charge in [0.05, 0.1) is 17.4 Å². The zero-order chi connectivity index (χ0) is 18.8. The molecular formula is C20H27N5O2. The molecule has 0 radical (unpaired) electrons. The van der Waals surface area contributed by atoms with Gasteiger partial charge in [-0.2, -0.15) is 0 Å². The van der Waals surface area contributed by atoms with Gasteiger partial charge in [-0.3, -0.25) is 4.79 Å². The second kappa shape index (κ2) is 7.58. The first kappa shape index (κ1) is 17.8. The number of carbonyl (C=O) groups is 2. The Morgan fingerprint density at radius 1 is 1.04 bits per heavy atom. The second-order valence-electron chi connectivity index (χ2n) is 7.62. The Bertz CT molecular complexity index is 840. The van der Waals surface area contributed by atoms with E-state index in [0.29, 0.717) is 37.8 Å². The van der Waals surface area contributed by atoms with Crippen LogP contribution in [0.1, 0.15) is 42.5 Å². The van der Waals surface area contributed by atoms with Gasteiger partial charge in [0.1, 0.15) is 0 Å². The van der Waals surface area contributed by atoms with E-state index >= 15 is 0 Å². The average Bonchev–Trinajstić information content (AvgIpc) is 3.23. The van der Waals surface area contributed by atoms with E-state index in [9.17, 15) is 9.59 Å². The van der Waals surface area contributed by atoms with Crippen LogP contribution in [0.4, 0.5) is 4.79 Å². The van der Waals surface area contributed by atoms with Crippen molar-refractivity contribution in [3.8, 4) is 0 Å². The maximum atomic E-state index is 12.9. The van der Waals surface area contributed by atoms with Crippen molar-refractivity contribution in [3.63, 3.8) is 0 Å². The van der Waals surface area contributed by atoms with Crippen molar-refractivity contribution in [1.82, 2.24) is 24.7 Å². The lowest BCUT2D eigenvalue weighted by Gasteiger charge is -2.24. The smallest absolute Gasteiger partial charge is 0.317 e. The van der Waals surface area contributed by atoms with Crippen LogP contribution in [0.15, 0.2) is 24.5 Å². The van der Waals surface area contributed by atoms with Gasteiger partial charge >= 0.3 is 6.03 Å². The lowest BCUT2D eigenvalue weighted by Crippen LogP contribution is -2.45. The molecule has 0 unspecified atom stereocenters. The summed E-state index contributed by atoms with van der Waals surface area (Å²) in [6.07, 6.45) is 7.13. The number of carbonyl (C=O) groups excluding carboxylic acids is 2. The zero-order valence-corrected chi connectivity index (χ0v) is 15.9. The lowest BCUT2D eigenvalue weighted by atomic mass is 10.1. The summed E-state index contributed by atoms with van der Waals surface area (Å²) in [5.41, 5.74) is 2.50. The number of nitrogens with one attached hydrogen (secondary N) is 1. The van der Waals surface area contributed by atoms with E-state index < -0.39 is 0 Å². The molecule has 144 valence electrons. The van der Waals surface area contributed by atoms with E-state index in [0.717, 1.165) is 30.3 Å². The Balaban J connectivity index is 1.39. The fraction of sp³-hybridized carbons (Fsp3) is 0.550. The lowest BCUT2D eigenvalue weighted by molar-refractivity contribution is 0.0762. The second-order valence-corrected chi connectivity index (χ2v) is 7.62. The molecule has 2 heterocycles. The predicted molar refractivity (Wildman–Crippen MR) is 104 cm³/mol. The molecule has 7 nitrogen and oxygen atoms in total. The Morgan fingerprint density at radius 3 is 2.59 bits per heavy atom. The van der Waals surface area contributed by atoms with Gasteiger partial charge < -0.3 is 19.7 Å². The van der Waals surface area contributed by atoms with Crippen LogP contribution in [0.2, 0.25) is 0 Å². The standard InChI is InChI=1S/C20H27N5O2/c1-23-14-21-17-13-15(7-8-18(17)23)19(26)24-9-4-10-25(12-11-24)20(27)22-16-5-2-3-6-16/h7-8,13-14,16H,2-6,9-12H2,1H3,(H,22,27). The van der Waals surface area contributed by atoms with Crippen molar-refractivity contribution in [3.05, 3.63) is 30.1 Å². The third kappa shape index (κ3) is 3.77. The number of hydrogen-bond acceptors (Lipinski definition) is 3. The monoisotopic (exact) mass is 369 g/mol. The van der Waals surface area contributed by atoms with Gasteiger partial charge in [0.15, 0.2) is 0 Å². The molecule has 0 spiro atoms. The summed E-state index contributed by atoms with van der Waals surface area (Å²) in [5, 5.41) is 3.15. The van der Waals surface area contributed by atoms with Crippen LogP contribution < -0.4 is 5.32 Å². The summed E-state index contributed by atoms with van der Waals surface area (Å²) in [5.74, 6) is 0.0144. The molecule has 3 amide bonds. The number of nitrogens with zero attached hydrogens (tertiary/aromatic N) is 4. The van der Waals surface area contributed by atoms with Crippen molar-refractivity contribution < 1.29 is 9.59 Å². The molecule has 1 saturated carbocycles. The first-order valence-electron chi connectivity index (χ1n) is 9.87. The molecule has 1 saturated heterocycles. The Hall–Kier alpha value is -2.57. The van der Waals surface area contributed by atoms with E-state index in [1.54, 1.807) is 6.33 Å². The van der Waals surface area contributed by atoms with E-state index in [2.05, 4.69) is 10.3 Å². The molecule has 2 aromatic rings. The Labute approximate surface area is 159 Å². The quantitative estimate of drug-likeness (QED) is 0.883. The first-order chi connectivity index (χ1) is 13.1. The third-order valence-corrected chi connectivity index (χ3v) is 5.73. The average molecular weight is 369 g/mol. The number of aryl methyl sites for hydroxylation is 1. The molecule has 1 N–H and O–H groups in total. The summed E-state index contributed by atoms with van der Waals surface area (Å²) in [6, 6.07) is 6.00. The molecule has 2 fully saturated rings. The number of aromatic nitrogens is 2. The molecule has 0 bridgehead atoms. The van der Waals surface area contributed by atoms with Crippen LogP contribution in [-0.2, 0) is 7.05 Å². The van der Waals surface area contributed by atoms with E-state index in [1.807, 2.05) is 39.6 Å². The van der Waals surface area contributed by atoms with Crippen molar-refractivity contribution in [2.24, 2.45) is 7.05 Å². The number of rotatable bonds is 2. The highest BCUT2D eigenvalue weighted by Gasteiger charge is 2.25. The number of urea groups is 1. The third-order valence-electron chi connectivity index (χ3n) is 5.73. The molecule has 7 heteroatoms. The number of amides is 3. The molecule has 4 rings (SSSR count). The molecule has 1 aliphatic heterocycles. The summed E-state index contributed by atoms with van der Waals surface area (Å²) >= 11 is 0. The topological polar surface area (TPSA) is 70.5 Å². The van der Waals surface area contributed by atoms with Gasteiger partial charge in [0, 0.05) is 44.8 Å². The van der Waals surface area contributed by atoms with Gasteiger partial charge in [-0.15, -0.1) is 0 Å². The summed E-state index contributed by atoms with van der Waals surface area (Å²) in [6.45, 7) is 2.52. The normalized spacial score (nSPS) is 18.7. The van der Waals surface area contributed by atoms with Gasteiger partial charge in [0.2, 0.25) is 0 Å². The van der Waals surface area contributed by atoms with Crippen LogP contribution in [0, 0.1) is 0 Å². The van der Waals surface area contributed by atoms with Gasteiger partial charge in [-0.1, -0.05) is 12.8 Å². The van der Waals surface area contributed by atoms with Crippen molar-refractivity contribution >= 4 is 23.0 Å². The van der Waals surface area contributed by atoms with Crippen LogP contribution in [-0.4, -0.2) is 63.5 Å². The van der Waals surface area contributed by atoms with Gasteiger partial charge in [0.25, 0.3) is 5.91 Å². The molecule has 27 heavy (non-hydrogen) atoms. The minimum atomic E-state index is 0.0144. The van der Waals surface area contributed by atoms with E-state index in [4.69, 9.17) is 0 Å². The minimum absolute atomic E-state index is 0.0144. The highest BCUT2D eigenvalue weighted by atomic mass is 16.2. The fourth-order valence-corrected chi connectivity index (χ4v) is 4.11. The number of benzene rings is 1. The van der Waals surface area contributed by atoms with E-state index in [-0.39, 0.29) is 11.9 Å². The van der Waals surface area contributed by atoms with Crippen molar-refractivity contribution in [2.45, 2.75) is 38.1 Å².